The number of aromatic nitrogens is 2. The summed E-state index contributed by atoms with van der Waals surface area (Å²) in [6.45, 7) is 3.08. The molecule has 1 N–H and O–H groups in total. The molecule has 21 heavy (non-hydrogen) atoms. The summed E-state index contributed by atoms with van der Waals surface area (Å²) >= 11 is 12.4. The first-order valence-electron chi connectivity index (χ1n) is 7.09. The number of nitrogens with one attached hydrogen (secondary N) is 1. The molecule has 3 rings (SSSR count). The van der Waals surface area contributed by atoms with Crippen LogP contribution in [0.5, 0.6) is 0 Å². The lowest BCUT2D eigenvalue weighted by atomic mass is 9.91. The second kappa shape index (κ2) is 5.95. The molecule has 0 aliphatic carbocycles. The van der Waals surface area contributed by atoms with Crippen LogP contribution in [-0.4, -0.2) is 16.7 Å². The van der Waals surface area contributed by atoms with E-state index in [0.29, 0.717) is 28.2 Å². The minimum Gasteiger partial charge on any atom is -0.337 e. The van der Waals surface area contributed by atoms with Crippen LogP contribution in [0.15, 0.2) is 22.7 Å². The summed E-state index contributed by atoms with van der Waals surface area (Å²) in [6, 6.07) is 5.45. The van der Waals surface area contributed by atoms with Crippen LogP contribution < -0.4 is 5.32 Å². The standard InChI is InChI=1S/C15H17Cl2N3O/c1-15(7-2-3-8-18-15)14-19-13(20-21-14)9-10-11(16)5-4-6-12(10)17/h4-6,18H,2-3,7-9H2,1H3. The van der Waals surface area contributed by atoms with Gasteiger partial charge in [-0.25, -0.2) is 0 Å². The maximum absolute atomic E-state index is 6.18. The summed E-state index contributed by atoms with van der Waals surface area (Å²) < 4.78 is 5.45. The van der Waals surface area contributed by atoms with E-state index in [1.807, 2.05) is 18.2 Å². The fourth-order valence-electron chi connectivity index (χ4n) is 2.65. The molecule has 1 saturated heterocycles. The zero-order chi connectivity index (χ0) is 14.9. The van der Waals surface area contributed by atoms with Crippen molar-refractivity contribution in [1.29, 1.82) is 0 Å². The van der Waals surface area contributed by atoms with Crippen molar-refractivity contribution in [2.45, 2.75) is 38.1 Å². The molecular formula is C15H17Cl2N3O. The zero-order valence-electron chi connectivity index (χ0n) is 11.8. The largest absolute Gasteiger partial charge is 0.337 e. The van der Waals surface area contributed by atoms with E-state index in [-0.39, 0.29) is 5.54 Å². The molecule has 1 atom stereocenters. The Labute approximate surface area is 133 Å². The number of nitrogens with zero attached hydrogens (tertiary/aromatic N) is 2. The lowest BCUT2D eigenvalue weighted by Gasteiger charge is -2.31. The number of piperidine rings is 1. The molecule has 6 heteroatoms. The molecule has 1 aromatic carbocycles. The van der Waals surface area contributed by atoms with Crippen molar-refractivity contribution >= 4 is 23.2 Å². The van der Waals surface area contributed by atoms with E-state index in [1.165, 1.54) is 6.42 Å². The van der Waals surface area contributed by atoms with Crippen LogP contribution in [-0.2, 0) is 12.0 Å². The Kier molecular flexibility index (Phi) is 4.20. The Bertz CT molecular complexity index is 615. The average Bonchev–Trinajstić information content (AvgIpc) is 2.93. The Morgan fingerprint density at radius 1 is 1.29 bits per heavy atom. The van der Waals surface area contributed by atoms with Crippen LogP contribution in [0.3, 0.4) is 0 Å². The molecular weight excluding hydrogens is 309 g/mol. The Morgan fingerprint density at radius 3 is 2.71 bits per heavy atom. The van der Waals surface area contributed by atoms with Crippen molar-refractivity contribution in [1.82, 2.24) is 15.5 Å². The van der Waals surface area contributed by atoms with Gasteiger partial charge in [0.15, 0.2) is 5.82 Å². The summed E-state index contributed by atoms with van der Waals surface area (Å²) in [7, 11) is 0. The highest BCUT2D eigenvalue weighted by Gasteiger charge is 2.34. The van der Waals surface area contributed by atoms with E-state index in [1.54, 1.807) is 0 Å². The molecule has 1 fully saturated rings. The molecule has 2 aromatic rings. The van der Waals surface area contributed by atoms with Gasteiger partial charge >= 0.3 is 0 Å². The van der Waals surface area contributed by atoms with Crippen molar-refractivity contribution in [3.8, 4) is 0 Å². The number of benzene rings is 1. The van der Waals surface area contributed by atoms with Crippen LogP contribution in [0, 0.1) is 0 Å². The lowest BCUT2D eigenvalue weighted by Crippen LogP contribution is -2.43. The van der Waals surface area contributed by atoms with Gasteiger partial charge in [0.2, 0.25) is 5.89 Å². The van der Waals surface area contributed by atoms with E-state index in [0.717, 1.165) is 24.9 Å². The maximum Gasteiger partial charge on any atom is 0.246 e. The minimum absolute atomic E-state index is 0.228. The third kappa shape index (κ3) is 3.07. The van der Waals surface area contributed by atoms with Gasteiger partial charge in [0.25, 0.3) is 0 Å². The van der Waals surface area contributed by atoms with Crippen molar-refractivity contribution in [2.24, 2.45) is 0 Å². The second-order valence-corrected chi connectivity index (χ2v) is 6.42. The van der Waals surface area contributed by atoms with Crippen LogP contribution >= 0.6 is 23.2 Å². The maximum atomic E-state index is 6.18. The fraction of sp³-hybridized carbons (Fsp3) is 0.467. The fourth-order valence-corrected chi connectivity index (χ4v) is 3.18. The van der Waals surface area contributed by atoms with Gasteiger partial charge in [0.05, 0.1) is 5.54 Å². The van der Waals surface area contributed by atoms with Gasteiger partial charge in [-0.2, -0.15) is 4.98 Å². The third-order valence-corrected chi connectivity index (χ3v) is 4.66. The number of hydrogen-bond acceptors (Lipinski definition) is 4. The normalized spacial score (nSPS) is 22.4. The Balaban J connectivity index is 1.82. The molecule has 0 radical (unpaired) electrons. The molecule has 1 aliphatic heterocycles. The Morgan fingerprint density at radius 2 is 2.05 bits per heavy atom. The highest BCUT2D eigenvalue weighted by molar-refractivity contribution is 6.36. The van der Waals surface area contributed by atoms with Crippen LogP contribution in [0.2, 0.25) is 10.0 Å². The first-order valence-corrected chi connectivity index (χ1v) is 7.85. The molecule has 1 aliphatic rings. The Hall–Kier alpha value is -1.10. The van der Waals surface area contributed by atoms with E-state index >= 15 is 0 Å². The van der Waals surface area contributed by atoms with E-state index in [4.69, 9.17) is 27.7 Å². The quantitative estimate of drug-likeness (QED) is 0.928. The second-order valence-electron chi connectivity index (χ2n) is 5.61. The summed E-state index contributed by atoms with van der Waals surface area (Å²) in [5.41, 5.74) is 0.600. The smallest absolute Gasteiger partial charge is 0.246 e. The molecule has 0 saturated carbocycles. The number of hydrogen-bond donors (Lipinski definition) is 1. The van der Waals surface area contributed by atoms with Gasteiger partial charge in [-0.3, -0.25) is 0 Å². The molecule has 1 aromatic heterocycles. The highest BCUT2D eigenvalue weighted by Crippen LogP contribution is 2.30. The van der Waals surface area contributed by atoms with Gasteiger partial charge in [-0.1, -0.05) is 34.4 Å². The highest BCUT2D eigenvalue weighted by atomic mass is 35.5. The van der Waals surface area contributed by atoms with Gasteiger partial charge in [-0.15, -0.1) is 0 Å². The summed E-state index contributed by atoms with van der Waals surface area (Å²) in [5, 5.41) is 8.78. The van der Waals surface area contributed by atoms with E-state index in [2.05, 4.69) is 22.4 Å². The van der Waals surface area contributed by atoms with Crippen LogP contribution in [0.4, 0.5) is 0 Å². The third-order valence-electron chi connectivity index (χ3n) is 3.96. The van der Waals surface area contributed by atoms with Crippen LogP contribution in [0.1, 0.15) is 43.5 Å². The molecule has 0 spiro atoms. The van der Waals surface area contributed by atoms with Gasteiger partial charge in [0.1, 0.15) is 0 Å². The molecule has 0 bridgehead atoms. The van der Waals surface area contributed by atoms with Crippen LogP contribution in [0.25, 0.3) is 0 Å². The van der Waals surface area contributed by atoms with Crippen molar-refractivity contribution in [3.05, 3.63) is 45.5 Å². The van der Waals surface area contributed by atoms with E-state index in [9.17, 15) is 0 Å². The minimum atomic E-state index is -0.228. The van der Waals surface area contributed by atoms with Crippen molar-refractivity contribution < 1.29 is 4.52 Å². The molecule has 112 valence electrons. The summed E-state index contributed by atoms with van der Waals surface area (Å²) in [4.78, 5) is 4.53. The van der Waals surface area contributed by atoms with Gasteiger partial charge < -0.3 is 9.84 Å². The van der Waals surface area contributed by atoms with E-state index < -0.39 is 0 Å². The SMILES string of the molecule is CC1(c2nc(Cc3c(Cl)cccc3Cl)no2)CCCCN1. The molecule has 2 heterocycles. The first-order chi connectivity index (χ1) is 10.1. The first kappa shape index (κ1) is 14.8. The number of halogens is 2. The van der Waals surface area contributed by atoms with Gasteiger partial charge in [-0.05, 0) is 50.4 Å². The summed E-state index contributed by atoms with van der Waals surface area (Å²) in [5.74, 6) is 1.24. The predicted molar refractivity (Wildman–Crippen MR) is 82.8 cm³/mol. The molecule has 1 unspecified atom stereocenters. The molecule has 4 nitrogen and oxygen atoms in total. The molecule has 0 amide bonds. The average molecular weight is 326 g/mol. The zero-order valence-corrected chi connectivity index (χ0v) is 13.3. The van der Waals surface area contributed by atoms with Crippen molar-refractivity contribution in [3.63, 3.8) is 0 Å². The summed E-state index contributed by atoms with van der Waals surface area (Å²) in [6.07, 6.45) is 3.82. The predicted octanol–water partition coefficient (Wildman–Crippen LogP) is 3.96. The topological polar surface area (TPSA) is 51.0 Å². The monoisotopic (exact) mass is 325 g/mol. The lowest BCUT2D eigenvalue weighted by molar-refractivity contribution is 0.206. The number of rotatable bonds is 3. The van der Waals surface area contributed by atoms with Crippen molar-refractivity contribution in [2.75, 3.05) is 6.54 Å². The van der Waals surface area contributed by atoms with Gasteiger partial charge in [0, 0.05) is 16.5 Å².